The Kier molecular flexibility index (Phi) is 4.68. The Morgan fingerprint density at radius 2 is 2.00 bits per heavy atom. The number of nitrogens with one attached hydrogen (secondary N) is 1. The van der Waals surface area contributed by atoms with Crippen LogP contribution in [0.1, 0.15) is 5.56 Å². The molecule has 0 aromatic heterocycles. The molecule has 16 heavy (non-hydrogen) atoms. The predicted molar refractivity (Wildman–Crippen MR) is 64.0 cm³/mol. The molecule has 0 atom stereocenters. The van der Waals surface area contributed by atoms with Gasteiger partial charge >= 0.3 is 0 Å². The summed E-state index contributed by atoms with van der Waals surface area (Å²) in [5.41, 5.74) is 5.38. The van der Waals surface area contributed by atoms with E-state index in [0.29, 0.717) is 0 Å². The van der Waals surface area contributed by atoms with E-state index < -0.39 is 0 Å². The molecule has 1 amide bonds. The van der Waals surface area contributed by atoms with Gasteiger partial charge in [0.05, 0.1) is 21.6 Å². The van der Waals surface area contributed by atoms with E-state index >= 15 is 0 Å². The lowest BCUT2D eigenvalue weighted by atomic mass is 10.2. The lowest BCUT2D eigenvalue weighted by molar-refractivity contribution is -0.119. The molecule has 0 unspecified atom stereocenters. The highest BCUT2D eigenvalue weighted by Gasteiger charge is 2.14. The van der Waals surface area contributed by atoms with Gasteiger partial charge in [0, 0.05) is 12.1 Å². The highest BCUT2D eigenvalue weighted by atomic mass is 35.5. The number of aromatic hydroxyl groups is 1. The quantitative estimate of drug-likeness (QED) is 0.742. The van der Waals surface area contributed by atoms with Gasteiger partial charge in [0.2, 0.25) is 5.91 Å². The Morgan fingerprint density at radius 1 is 1.38 bits per heavy atom. The highest BCUT2D eigenvalue weighted by Crippen LogP contribution is 2.38. The summed E-state index contributed by atoms with van der Waals surface area (Å²) in [5.74, 6) is -0.569. The number of carbonyl (C=O) groups is 1. The third kappa shape index (κ3) is 2.92. The zero-order valence-electron chi connectivity index (χ0n) is 8.06. The van der Waals surface area contributed by atoms with Crippen LogP contribution in [0.15, 0.2) is 6.07 Å². The van der Waals surface area contributed by atoms with Crippen molar-refractivity contribution in [3.05, 3.63) is 26.7 Å². The van der Waals surface area contributed by atoms with Crippen LogP contribution in [0.25, 0.3) is 0 Å². The van der Waals surface area contributed by atoms with Crippen LogP contribution >= 0.6 is 34.8 Å². The van der Waals surface area contributed by atoms with Gasteiger partial charge in [0.1, 0.15) is 5.75 Å². The van der Waals surface area contributed by atoms with Crippen LogP contribution in [0.5, 0.6) is 5.75 Å². The van der Waals surface area contributed by atoms with Crippen LogP contribution in [0, 0.1) is 0 Å². The Balaban J connectivity index is 2.99. The molecule has 0 aliphatic rings. The van der Waals surface area contributed by atoms with Crippen molar-refractivity contribution in [1.29, 1.82) is 0 Å². The molecule has 7 heteroatoms. The van der Waals surface area contributed by atoms with E-state index in [1.54, 1.807) is 0 Å². The van der Waals surface area contributed by atoms with Crippen LogP contribution in [0.4, 0.5) is 0 Å². The average Bonchev–Trinajstić information content (AvgIpc) is 2.26. The number of hydrogen-bond donors (Lipinski definition) is 3. The number of halogens is 3. The second kappa shape index (κ2) is 5.59. The molecule has 0 saturated heterocycles. The Labute approximate surface area is 107 Å². The number of rotatable bonds is 3. The van der Waals surface area contributed by atoms with E-state index in [9.17, 15) is 9.90 Å². The van der Waals surface area contributed by atoms with Crippen LogP contribution in [-0.4, -0.2) is 17.6 Å². The lowest BCUT2D eigenvalue weighted by Crippen LogP contribution is -2.29. The van der Waals surface area contributed by atoms with Crippen molar-refractivity contribution in [3.63, 3.8) is 0 Å². The van der Waals surface area contributed by atoms with Crippen molar-refractivity contribution in [1.82, 2.24) is 5.32 Å². The van der Waals surface area contributed by atoms with E-state index in [0.717, 1.165) is 0 Å². The fraction of sp³-hybridized carbons (Fsp3) is 0.222. The number of amides is 1. The van der Waals surface area contributed by atoms with Gasteiger partial charge < -0.3 is 16.2 Å². The first-order chi connectivity index (χ1) is 7.47. The van der Waals surface area contributed by atoms with Crippen molar-refractivity contribution in [3.8, 4) is 5.75 Å². The summed E-state index contributed by atoms with van der Waals surface area (Å²) in [6.45, 7) is -0.131. The highest BCUT2D eigenvalue weighted by molar-refractivity contribution is 6.44. The summed E-state index contributed by atoms with van der Waals surface area (Å²) in [6, 6.07) is 1.33. The molecular formula is C9H9Cl3N2O2. The van der Waals surface area contributed by atoms with Crippen LogP contribution in [-0.2, 0) is 11.3 Å². The molecule has 4 nitrogen and oxygen atoms in total. The van der Waals surface area contributed by atoms with Crippen molar-refractivity contribution < 1.29 is 9.90 Å². The first-order valence-electron chi connectivity index (χ1n) is 4.29. The number of benzene rings is 1. The molecule has 0 saturated carbocycles. The summed E-state index contributed by atoms with van der Waals surface area (Å²) >= 11 is 17.3. The minimum absolute atomic E-state index is 0.0149. The number of phenols is 1. The summed E-state index contributed by atoms with van der Waals surface area (Å²) in [5, 5.41) is 12.5. The predicted octanol–water partition coefficient (Wildman–Crippen LogP) is 1.93. The van der Waals surface area contributed by atoms with Gasteiger partial charge in [-0.1, -0.05) is 34.8 Å². The van der Waals surface area contributed by atoms with Crippen molar-refractivity contribution in [2.24, 2.45) is 5.73 Å². The van der Waals surface area contributed by atoms with Crippen LogP contribution in [0.2, 0.25) is 15.1 Å². The summed E-state index contributed by atoms with van der Waals surface area (Å²) < 4.78 is 0. The number of carbonyl (C=O) groups excluding carboxylic acids is 1. The van der Waals surface area contributed by atoms with Crippen LogP contribution < -0.4 is 11.1 Å². The largest absolute Gasteiger partial charge is 0.506 e. The van der Waals surface area contributed by atoms with Crippen molar-refractivity contribution in [2.45, 2.75) is 6.54 Å². The van der Waals surface area contributed by atoms with Gasteiger partial charge in [-0.2, -0.15) is 0 Å². The number of hydrogen-bond acceptors (Lipinski definition) is 3. The molecule has 1 rings (SSSR count). The van der Waals surface area contributed by atoms with Gasteiger partial charge in [-0.3, -0.25) is 4.79 Å². The normalized spacial score (nSPS) is 10.2. The summed E-state index contributed by atoms with van der Waals surface area (Å²) in [7, 11) is 0. The average molecular weight is 284 g/mol. The van der Waals surface area contributed by atoms with E-state index in [1.807, 2.05) is 0 Å². The second-order valence-corrected chi connectivity index (χ2v) is 4.15. The topological polar surface area (TPSA) is 75.4 Å². The first kappa shape index (κ1) is 13.4. The van der Waals surface area contributed by atoms with Gasteiger partial charge in [-0.25, -0.2) is 0 Å². The van der Waals surface area contributed by atoms with E-state index in [2.05, 4.69) is 5.32 Å². The zero-order chi connectivity index (χ0) is 12.3. The molecule has 88 valence electrons. The number of nitrogens with two attached hydrogens (primary N) is 1. The van der Waals surface area contributed by atoms with Crippen molar-refractivity contribution in [2.75, 3.05) is 6.54 Å². The first-order valence-corrected chi connectivity index (χ1v) is 5.42. The molecule has 1 aromatic carbocycles. The molecule has 0 aliphatic carbocycles. The summed E-state index contributed by atoms with van der Waals surface area (Å²) in [4.78, 5) is 11.0. The van der Waals surface area contributed by atoms with E-state index in [-0.39, 0.29) is 45.4 Å². The second-order valence-electron chi connectivity index (χ2n) is 2.96. The van der Waals surface area contributed by atoms with E-state index in [1.165, 1.54) is 6.07 Å². The monoisotopic (exact) mass is 282 g/mol. The molecule has 0 fully saturated rings. The Bertz CT molecular complexity index is 397. The van der Waals surface area contributed by atoms with Gasteiger partial charge in [0.25, 0.3) is 0 Å². The van der Waals surface area contributed by atoms with Gasteiger partial charge in [-0.15, -0.1) is 0 Å². The third-order valence-corrected chi connectivity index (χ3v) is 3.00. The molecule has 0 spiro atoms. The maximum atomic E-state index is 11.0. The Hall–Kier alpha value is -0.680. The summed E-state index contributed by atoms with van der Waals surface area (Å²) in [6.07, 6.45) is 0. The molecular weight excluding hydrogens is 274 g/mol. The fourth-order valence-corrected chi connectivity index (χ4v) is 1.77. The number of phenolic OH excluding ortho intramolecular Hbond substituents is 1. The maximum Gasteiger partial charge on any atom is 0.234 e. The maximum absolute atomic E-state index is 11.0. The minimum Gasteiger partial charge on any atom is -0.506 e. The molecule has 0 bridgehead atoms. The smallest absolute Gasteiger partial charge is 0.234 e. The zero-order valence-corrected chi connectivity index (χ0v) is 10.3. The third-order valence-electron chi connectivity index (χ3n) is 1.89. The molecule has 1 aromatic rings. The molecule has 4 N–H and O–H groups in total. The van der Waals surface area contributed by atoms with Gasteiger partial charge in [-0.05, 0) is 6.07 Å². The van der Waals surface area contributed by atoms with E-state index in [4.69, 9.17) is 40.5 Å². The molecule has 0 heterocycles. The van der Waals surface area contributed by atoms with Gasteiger partial charge in [0.15, 0.2) is 0 Å². The standard InChI is InChI=1S/C9H9Cl3N2O2/c10-5-1-6(11)9(16)4(8(5)12)3-14-7(15)2-13/h1,16H,2-3,13H2,(H,14,15). The molecule has 0 radical (unpaired) electrons. The SMILES string of the molecule is NCC(=O)NCc1c(O)c(Cl)cc(Cl)c1Cl. The van der Waals surface area contributed by atoms with Crippen LogP contribution in [0.3, 0.4) is 0 Å². The molecule has 0 aliphatic heterocycles. The minimum atomic E-state index is -0.369. The van der Waals surface area contributed by atoms with Crippen molar-refractivity contribution >= 4 is 40.7 Å². The fourth-order valence-electron chi connectivity index (χ4n) is 1.06. The lowest BCUT2D eigenvalue weighted by Gasteiger charge is -2.10. The Morgan fingerprint density at radius 3 is 2.56 bits per heavy atom.